The quantitative estimate of drug-likeness (QED) is 0.739. The van der Waals surface area contributed by atoms with Crippen molar-refractivity contribution in [1.29, 1.82) is 0 Å². The Labute approximate surface area is 158 Å². The van der Waals surface area contributed by atoms with Crippen LogP contribution in [0.15, 0.2) is 36.5 Å². The van der Waals surface area contributed by atoms with E-state index in [0.717, 1.165) is 54.2 Å². The van der Waals surface area contributed by atoms with Gasteiger partial charge in [0.15, 0.2) is 5.65 Å². The summed E-state index contributed by atoms with van der Waals surface area (Å²) in [5.41, 5.74) is 8.90. The highest BCUT2D eigenvalue weighted by atomic mass is 15.2. The van der Waals surface area contributed by atoms with Gasteiger partial charge in [0.1, 0.15) is 5.82 Å². The highest BCUT2D eigenvalue weighted by Crippen LogP contribution is 2.28. The summed E-state index contributed by atoms with van der Waals surface area (Å²) in [5, 5.41) is 8.37. The van der Waals surface area contributed by atoms with Crippen LogP contribution in [0.3, 0.4) is 0 Å². The first-order valence-corrected chi connectivity index (χ1v) is 9.39. The van der Waals surface area contributed by atoms with Gasteiger partial charge < -0.3 is 10.6 Å². The molecule has 26 heavy (non-hydrogen) atoms. The fraction of sp³-hybridized carbons (Fsp3) is 0.450. The second kappa shape index (κ2) is 7.03. The maximum atomic E-state index is 6.37. The summed E-state index contributed by atoms with van der Waals surface area (Å²) in [6, 6.07) is 10.4. The number of anilines is 1. The van der Waals surface area contributed by atoms with Crippen molar-refractivity contribution in [2.24, 2.45) is 17.6 Å². The molecule has 1 saturated heterocycles. The van der Waals surface area contributed by atoms with Crippen molar-refractivity contribution in [3.05, 3.63) is 36.5 Å². The summed E-state index contributed by atoms with van der Waals surface area (Å²) in [6.07, 6.45) is 3.93. The van der Waals surface area contributed by atoms with Crippen LogP contribution in [0.5, 0.6) is 0 Å². The van der Waals surface area contributed by atoms with Gasteiger partial charge in [-0.15, -0.1) is 0 Å². The Kier molecular flexibility index (Phi) is 4.59. The molecule has 0 unspecified atom stereocenters. The van der Waals surface area contributed by atoms with Gasteiger partial charge in [-0.1, -0.05) is 19.9 Å². The molecule has 4 heterocycles. The SMILES string of the molecule is CC(C)C[C@H]1CN(c2cccc(-c3[nH]nc4ncccc34)n2)CC[C@H]1N.[HH].[HH].[HH]. The summed E-state index contributed by atoms with van der Waals surface area (Å²) in [6.45, 7) is 6.46. The molecule has 0 aliphatic carbocycles. The molecule has 1 aliphatic heterocycles. The lowest BCUT2D eigenvalue weighted by Gasteiger charge is -2.38. The van der Waals surface area contributed by atoms with Crippen molar-refractivity contribution in [3.63, 3.8) is 0 Å². The van der Waals surface area contributed by atoms with Crippen LogP contribution in [0.25, 0.3) is 22.4 Å². The zero-order valence-electron chi connectivity index (χ0n) is 15.4. The Bertz CT molecular complexity index is 901. The third-order valence-electron chi connectivity index (χ3n) is 5.21. The molecule has 1 aliphatic rings. The molecule has 6 nitrogen and oxygen atoms in total. The van der Waals surface area contributed by atoms with Crippen LogP contribution in [0, 0.1) is 11.8 Å². The lowest BCUT2D eigenvalue weighted by molar-refractivity contribution is 0.303. The molecule has 0 saturated carbocycles. The number of rotatable bonds is 4. The second-order valence-corrected chi connectivity index (χ2v) is 7.64. The van der Waals surface area contributed by atoms with Crippen molar-refractivity contribution < 1.29 is 4.28 Å². The molecule has 1 fully saturated rings. The molecule has 3 aromatic heterocycles. The lowest BCUT2D eigenvalue weighted by Crippen LogP contribution is -2.47. The first kappa shape index (κ1) is 17.0. The highest BCUT2D eigenvalue weighted by molar-refractivity contribution is 5.89. The van der Waals surface area contributed by atoms with E-state index in [9.17, 15) is 0 Å². The molecule has 3 N–H and O–H groups in total. The smallest absolute Gasteiger partial charge is 0.181 e. The van der Waals surface area contributed by atoms with E-state index >= 15 is 0 Å². The van der Waals surface area contributed by atoms with Crippen LogP contribution in [0.4, 0.5) is 5.82 Å². The molecule has 142 valence electrons. The normalized spacial score (nSPS) is 20.8. The molecule has 3 aromatic rings. The zero-order valence-corrected chi connectivity index (χ0v) is 15.4. The number of H-pyrrole nitrogens is 1. The molecule has 4 rings (SSSR count). The first-order chi connectivity index (χ1) is 12.6. The zero-order chi connectivity index (χ0) is 18.1. The highest BCUT2D eigenvalue weighted by Gasteiger charge is 2.28. The number of hydrogen-bond donors (Lipinski definition) is 2. The number of nitrogens with two attached hydrogens (primary N) is 1. The summed E-state index contributed by atoms with van der Waals surface area (Å²) < 4.78 is 0. The van der Waals surface area contributed by atoms with Gasteiger partial charge in [0.25, 0.3) is 0 Å². The molecule has 2 atom stereocenters. The van der Waals surface area contributed by atoms with Gasteiger partial charge in [-0.2, -0.15) is 5.10 Å². The van der Waals surface area contributed by atoms with Crippen molar-refractivity contribution in [3.8, 4) is 11.4 Å². The lowest BCUT2D eigenvalue weighted by atomic mass is 9.86. The maximum absolute atomic E-state index is 6.37. The van der Waals surface area contributed by atoms with E-state index in [2.05, 4.69) is 46.1 Å². The van der Waals surface area contributed by atoms with Crippen LogP contribution < -0.4 is 10.6 Å². The third-order valence-corrected chi connectivity index (χ3v) is 5.21. The standard InChI is InChI=1S/C20H26N6.3H2/c1-13(2)11-14-12-26(10-8-16(14)21)18-7-3-6-17(23-18)19-15-5-4-9-22-20(15)25-24-19;;;/h3-7,9,13-14,16H,8,10-12,21H2,1-2H3,(H,22,24,25);3*1H/t14-,16+;;;/m0.../s1. The molecule has 0 aromatic carbocycles. The number of aromatic nitrogens is 4. The molecule has 0 amide bonds. The number of fused-ring (bicyclic) bond motifs is 1. The molecule has 0 bridgehead atoms. The second-order valence-electron chi connectivity index (χ2n) is 7.64. The van der Waals surface area contributed by atoms with E-state index in [-0.39, 0.29) is 4.28 Å². The number of hydrogen-bond acceptors (Lipinski definition) is 5. The van der Waals surface area contributed by atoms with Gasteiger partial charge in [0.2, 0.25) is 0 Å². The van der Waals surface area contributed by atoms with Crippen LogP contribution in [0.2, 0.25) is 0 Å². The van der Waals surface area contributed by atoms with Crippen LogP contribution in [-0.4, -0.2) is 39.3 Å². The van der Waals surface area contributed by atoms with E-state index in [1.54, 1.807) is 6.20 Å². The van der Waals surface area contributed by atoms with Crippen molar-refractivity contribution in [2.75, 3.05) is 18.0 Å². The fourth-order valence-electron chi connectivity index (χ4n) is 3.90. The Morgan fingerprint density at radius 1 is 1.31 bits per heavy atom. The van der Waals surface area contributed by atoms with E-state index in [1.807, 2.05) is 18.2 Å². The Hall–Kier alpha value is -2.47. The van der Waals surface area contributed by atoms with Gasteiger partial charge in [-0.25, -0.2) is 9.97 Å². The van der Waals surface area contributed by atoms with Gasteiger partial charge in [0.05, 0.1) is 11.4 Å². The minimum Gasteiger partial charge on any atom is -0.356 e. The topological polar surface area (TPSA) is 83.7 Å². The predicted molar refractivity (Wildman–Crippen MR) is 111 cm³/mol. The molecule has 0 radical (unpaired) electrons. The Morgan fingerprint density at radius 2 is 2.19 bits per heavy atom. The molecule has 0 spiro atoms. The summed E-state index contributed by atoms with van der Waals surface area (Å²) in [7, 11) is 0. The summed E-state index contributed by atoms with van der Waals surface area (Å²) in [4.78, 5) is 11.6. The summed E-state index contributed by atoms with van der Waals surface area (Å²) in [5.74, 6) is 2.19. The Balaban J connectivity index is 0.00000140. The minimum absolute atomic E-state index is 0. The first-order valence-electron chi connectivity index (χ1n) is 9.39. The van der Waals surface area contributed by atoms with E-state index in [4.69, 9.17) is 10.7 Å². The maximum Gasteiger partial charge on any atom is 0.181 e. The minimum atomic E-state index is 0. The molecular formula is C20H32N6. The van der Waals surface area contributed by atoms with Crippen molar-refractivity contribution in [2.45, 2.75) is 32.7 Å². The molecular weight excluding hydrogens is 324 g/mol. The van der Waals surface area contributed by atoms with Gasteiger partial charge in [-0.05, 0) is 48.9 Å². The number of nitrogens with zero attached hydrogens (tertiary/aromatic N) is 4. The monoisotopic (exact) mass is 356 g/mol. The number of piperidine rings is 1. The number of pyridine rings is 2. The third kappa shape index (κ3) is 3.29. The Morgan fingerprint density at radius 3 is 3.04 bits per heavy atom. The number of nitrogens with one attached hydrogen (secondary N) is 1. The van der Waals surface area contributed by atoms with E-state index in [1.165, 1.54) is 0 Å². The predicted octanol–water partition coefficient (Wildman–Crippen LogP) is 3.96. The number of aromatic amines is 1. The average molecular weight is 357 g/mol. The van der Waals surface area contributed by atoms with E-state index in [0.29, 0.717) is 17.9 Å². The van der Waals surface area contributed by atoms with Gasteiger partial charge in [-0.3, -0.25) is 5.10 Å². The van der Waals surface area contributed by atoms with Gasteiger partial charge >= 0.3 is 0 Å². The van der Waals surface area contributed by atoms with Crippen molar-refractivity contribution in [1.82, 2.24) is 20.2 Å². The fourth-order valence-corrected chi connectivity index (χ4v) is 3.90. The van der Waals surface area contributed by atoms with Crippen molar-refractivity contribution >= 4 is 16.9 Å². The molecule has 6 heteroatoms. The van der Waals surface area contributed by atoms with Crippen LogP contribution in [0.1, 0.15) is 31.0 Å². The van der Waals surface area contributed by atoms with E-state index < -0.39 is 0 Å². The van der Waals surface area contributed by atoms with Crippen LogP contribution in [-0.2, 0) is 0 Å². The summed E-state index contributed by atoms with van der Waals surface area (Å²) >= 11 is 0. The average Bonchev–Trinajstić information content (AvgIpc) is 3.07. The largest absolute Gasteiger partial charge is 0.356 e. The van der Waals surface area contributed by atoms with Gasteiger partial charge in [0, 0.05) is 35.0 Å². The van der Waals surface area contributed by atoms with Crippen LogP contribution >= 0.6 is 0 Å².